The molecule has 1 fully saturated rings. The van der Waals surface area contributed by atoms with Crippen LogP contribution < -0.4 is 10.1 Å². The number of aromatic nitrogens is 3. The molecule has 26 heavy (non-hydrogen) atoms. The van der Waals surface area contributed by atoms with Gasteiger partial charge >= 0.3 is 0 Å². The average Bonchev–Trinajstić information content (AvgIpc) is 3.43. The number of carbonyl (C=O) groups is 1. The maximum Gasteiger partial charge on any atom is 0.233 e. The second-order valence-electron chi connectivity index (χ2n) is 6.34. The third kappa shape index (κ3) is 4.46. The topological polar surface area (TPSA) is 69.0 Å². The van der Waals surface area contributed by atoms with Crippen LogP contribution in [-0.2, 0) is 17.9 Å². The molecule has 6 nitrogen and oxygen atoms in total. The summed E-state index contributed by atoms with van der Waals surface area (Å²) in [5.74, 6) is 2.30. The van der Waals surface area contributed by atoms with Crippen molar-refractivity contribution in [2.24, 2.45) is 0 Å². The van der Waals surface area contributed by atoms with Gasteiger partial charge in [-0.05, 0) is 37.5 Å². The molecule has 1 aliphatic rings. The van der Waals surface area contributed by atoms with Crippen LogP contribution in [0.5, 0.6) is 5.75 Å². The summed E-state index contributed by atoms with van der Waals surface area (Å²) < 4.78 is 7.21. The largest absolute Gasteiger partial charge is 0.497 e. The van der Waals surface area contributed by atoms with E-state index in [9.17, 15) is 4.79 Å². The first-order chi connectivity index (χ1) is 12.6. The zero-order chi connectivity index (χ0) is 18.5. The summed E-state index contributed by atoms with van der Waals surface area (Å²) >= 11 is 1.44. The highest BCUT2D eigenvalue weighted by Crippen LogP contribution is 2.40. The number of hydrogen-bond donors (Lipinski definition) is 1. The second kappa shape index (κ2) is 8.40. The summed E-state index contributed by atoms with van der Waals surface area (Å²) in [4.78, 5) is 12.4. The zero-order valence-electron chi connectivity index (χ0n) is 15.1. The smallest absolute Gasteiger partial charge is 0.233 e. The van der Waals surface area contributed by atoms with Gasteiger partial charge in [-0.1, -0.05) is 30.0 Å². The van der Waals surface area contributed by atoms with E-state index < -0.39 is 0 Å². The zero-order valence-corrected chi connectivity index (χ0v) is 16.0. The number of benzene rings is 1. The number of thioether (sulfide) groups is 1. The molecule has 1 saturated carbocycles. The lowest BCUT2D eigenvalue weighted by atomic mass is 10.2. The monoisotopic (exact) mass is 372 g/mol. The van der Waals surface area contributed by atoms with Gasteiger partial charge in [0, 0.05) is 19.0 Å². The van der Waals surface area contributed by atoms with E-state index in [1.807, 2.05) is 37.3 Å². The first-order valence-electron chi connectivity index (χ1n) is 8.73. The van der Waals surface area contributed by atoms with Gasteiger partial charge in [0.25, 0.3) is 0 Å². The summed E-state index contributed by atoms with van der Waals surface area (Å²) in [5.41, 5.74) is 1.03. The van der Waals surface area contributed by atoms with Crippen molar-refractivity contribution in [3.63, 3.8) is 0 Å². The number of amides is 1. The molecule has 1 aromatic carbocycles. The van der Waals surface area contributed by atoms with Gasteiger partial charge in [-0.2, -0.15) is 0 Å². The highest BCUT2D eigenvalue weighted by atomic mass is 32.2. The molecular formula is C19H24N4O2S. The molecule has 1 aliphatic carbocycles. The van der Waals surface area contributed by atoms with Gasteiger partial charge in [-0.15, -0.1) is 16.8 Å². The predicted octanol–water partition coefficient (Wildman–Crippen LogP) is 3.15. The maximum atomic E-state index is 12.4. The highest BCUT2D eigenvalue weighted by molar-refractivity contribution is 8.00. The van der Waals surface area contributed by atoms with E-state index in [0.717, 1.165) is 35.1 Å². The summed E-state index contributed by atoms with van der Waals surface area (Å²) in [6.07, 6.45) is 4.17. The van der Waals surface area contributed by atoms with Crippen LogP contribution in [0.3, 0.4) is 0 Å². The van der Waals surface area contributed by atoms with E-state index in [0.29, 0.717) is 19.0 Å². The molecule has 0 bridgehead atoms. The fourth-order valence-electron chi connectivity index (χ4n) is 2.62. The summed E-state index contributed by atoms with van der Waals surface area (Å²) in [5, 5.41) is 12.1. The van der Waals surface area contributed by atoms with Crippen molar-refractivity contribution in [1.82, 2.24) is 20.1 Å². The Morgan fingerprint density at radius 2 is 2.15 bits per heavy atom. The third-order valence-electron chi connectivity index (χ3n) is 4.28. The van der Waals surface area contributed by atoms with Crippen LogP contribution in [0.25, 0.3) is 0 Å². The molecule has 0 aliphatic heterocycles. The van der Waals surface area contributed by atoms with Crippen LogP contribution in [0.15, 0.2) is 42.1 Å². The maximum absolute atomic E-state index is 12.4. The van der Waals surface area contributed by atoms with Crippen molar-refractivity contribution < 1.29 is 9.53 Å². The van der Waals surface area contributed by atoms with Gasteiger partial charge in [-0.25, -0.2) is 0 Å². The Balaban J connectivity index is 1.57. The van der Waals surface area contributed by atoms with Crippen molar-refractivity contribution >= 4 is 17.7 Å². The van der Waals surface area contributed by atoms with Crippen LogP contribution >= 0.6 is 11.8 Å². The molecule has 0 radical (unpaired) electrons. The standard InChI is InChI=1S/C19H24N4O2S/c1-4-11-23-17(15-7-8-15)21-22-19(23)26-13(2)18(24)20-12-14-5-9-16(25-3)10-6-14/h4-6,9-10,13,15H,1,7-8,11-12H2,2-3H3,(H,20,24). The molecule has 0 spiro atoms. The van der Waals surface area contributed by atoms with Gasteiger partial charge in [0.2, 0.25) is 5.91 Å². The molecule has 1 amide bonds. The summed E-state index contributed by atoms with van der Waals surface area (Å²) in [6.45, 7) is 6.85. The van der Waals surface area contributed by atoms with E-state index in [1.54, 1.807) is 7.11 Å². The molecule has 3 rings (SSSR count). The van der Waals surface area contributed by atoms with Gasteiger partial charge in [0.15, 0.2) is 5.16 Å². The second-order valence-corrected chi connectivity index (χ2v) is 7.65. The highest BCUT2D eigenvalue weighted by Gasteiger charge is 2.30. The first-order valence-corrected chi connectivity index (χ1v) is 9.61. The Kier molecular flexibility index (Phi) is 5.98. The number of ether oxygens (including phenoxy) is 1. The Labute approximate surface area is 158 Å². The number of nitrogens with one attached hydrogen (secondary N) is 1. The van der Waals surface area contributed by atoms with Crippen LogP contribution in [0.1, 0.15) is 37.1 Å². The van der Waals surface area contributed by atoms with E-state index in [-0.39, 0.29) is 11.2 Å². The van der Waals surface area contributed by atoms with Crippen molar-refractivity contribution in [2.45, 2.75) is 49.2 Å². The van der Waals surface area contributed by atoms with Gasteiger partial charge in [0.05, 0.1) is 12.4 Å². The van der Waals surface area contributed by atoms with Gasteiger partial charge < -0.3 is 14.6 Å². The molecule has 138 valence electrons. The molecule has 1 heterocycles. The predicted molar refractivity (Wildman–Crippen MR) is 102 cm³/mol. The quantitative estimate of drug-likeness (QED) is 0.541. The van der Waals surface area contributed by atoms with Crippen molar-refractivity contribution in [3.05, 3.63) is 48.3 Å². The fraction of sp³-hybridized carbons (Fsp3) is 0.421. The fourth-order valence-corrected chi connectivity index (χ4v) is 3.51. The lowest BCUT2D eigenvalue weighted by Crippen LogP contribution is -2.30. The molecule has 2 aromatic rings. The number of methoxy groups -OCH3 is 1. The van der Waals surface area contributed by atoms with Gasteiger partial charge in [0.1, 0.15) is 11.6 Å². The Morgan fingerprint density at radius 1 is 1.42 bits per heavy atom. The van der Waals surface area contributed by atoms with E-state index in [2.05, 4.69) is 26.7 Å². The molecule has 1 N–H and O–H groups in total. The van der Waals surface area contributed by atoms with Crippen LogP contribution in [0.2, 0.25) is 0 Å². The Bertz CT molecular complexity index is 768. The van der Waals surface area contributed by atoms with Crippen molar-refractivity contribution in [3.8, 4) is 5.75 Å². The first kappa shape index (κ1) is 18.5. The number of rotatable bonds is 9. The van der Waals surface area contributed by atoms with E-state index in [1.165, 1.54) is 11.8 Å². The lowest BCUT2D eigenvalue weighted by molar-refractivity contribution is -0.120. The lowest BCUT2D eigenvalue weighted by Gasteiger charge is -2.13. The van der Waals surface area contributed by atoms with Crippen LogP contribution in [-0.4, -0.2) is 33.0 Å². The minimum absolute atomic E-state index is 0.0213. The Morgan fingerprint density at radius 3 is 2.77 bits per heavy atom. The molecule has 7 heteroatoms. The summed E-state index contributed by atoms with van der Waals surface area (Å²) in [7, 11) is 1.63. The number of hydrogen-bond acceptors (Lipinski definition) is 5. The molecule has 1 aromatic heterocycles. The third-order valence-corrected chi connectivity index (χ3v) is 5.36. The minimum Gasteiger partial charge on any atom is -0.497 e. The summed E-state index contributed by atoms with van der Waals surface area (Å²) in [6, 6.07) is 7.66. The Hall–Kier alpha value is -2.28. The molecule has 1 unspecified atom stereocenters. The minimum atomic E-state index is -0.256. The van der Waals surface area contributed by atoms with E-state index in [4.69, 9.17) is 4.74 Å². The van der Waals surface area contributed by atoms with Crippen molar-refractivity contribution in [2.75, 3.05) is 7.11 Å². The number of carbonyl (C=O) groups excluding carboxylic acids is 1. The van der Waals surface area contributed by atoms with Crippen molar-refractivity contribution in [1.29, 1.82) is 0 Å². The number of allylic oxidation sites excluding steroid dienone is 1. The molecular weight excluding hydrogens is 348 g/mol. The van der Waals surface area contributed by atoms with Gasteiger partial charge in [-0.3, -0.25) is 4.79 Å². The normalized spacial score (nSPS) is 14.7. The molecule has 0 saturated heterocycles. The van der Waals surface area contributed by atoms with Crippen LogP contribution in [0, 0.1) is 0 Å². The van der Waals surface area contributed by atoms with E-state index >= 15 is 0 Å². The van der Waals surface area contributed by atoms with Crippen LogP contribution in [0.4, 0.5) is 0 Å². The average molecular weight is 372 g/mol. The number of nitrogens with zero attached hydrogens (tertiary/aromatic N) is 3. The SMILES string of the molecule is C=CCn1c(SC(C)C(=O)NCc2ccc(OC)cc2)nnc1C1CC1. The molecule has 1 atom stereocenters.